The largest absolute Gasteiger partial charge is 0.497 e. The number of para-hydroxylation sites is 2. The predicted octanol–water partition coefficient (Wildman–Crippen LogP) is 3.05. The molecular formula is C14H11NO3. The second-order valence-corrected chi connectivity index (χ2v) is 3.91. The third kappa shape index (κ3) is 1.68. The van der Waals surface area contributed by atoms with E-state index in [1.165, 1.54) is 0 Å². The van der Waals surface area contributed by atoms with E-state index in [0.717, 1.165) is 0 Å². The lowest BCUT2D eigenvalue weighted by molar-refractivity contribution is 0.102. The third-order valence-electron chi connectivity index (χ3n) is 2.79. The van der Waals surface area contributed by atoms with Gasteiger partial charge in [0.15, 0.2) is 5.75 Å². The van der Waals surface area contributed by atoms with E-state index >= 15 is 0 Å². The second kappa shape index (κ2) is 4.07. The average Bonchev–Trinajstić information content (AvgIpc) is 2.54. The van der Waals surface area contributed by atoms with Crippen LogP contribution in [0.2, 0.25) is 0 Å². The van der Waals surface area contributed by atoms with Crippen LogP contribution in [-0.4, -0.2) is 13.0 Å². The van der Waals surface area contributed by atoms with E-state index in [1.807, 2.05) is 18.2 Å². The van der Waals surface area contributed by atoms with Gasteiger partial charge < -0.3 is 14.8 Å². The molecule has 2 aromatic rings. The predicted molar refractivity (Wildman–Crippen MR) is 67.5 cm³/mol. The molecule has 1 aliphatic heterocycles. The maximum Gasteiger partial charge on any atom is 0.259 e. The van der Waals surface area contributed by atoms with E-state index < -0.39 is 0 Å². The van der Waals surface area contributed by atoms with Gasteiger partial charge in [-0.3, -0.25) is 4.79 Å². The smallest absolute Gasteiger partial charge is 0.259 e. The average molecular weight is 241 g/mol. The Kier molecular flexibility index (Phi) is 2.41. The first-order chi connectivity index (χ1) is 8.78. The van der Waals surface area contributed by atoms with E-state index in [4.69, 9.17) is 9.47 Å². The topological polar surface area (TPSA) is 47.6 Å². The van der Waals surface area contributed by atoms with Crippen molar-refractivity contribution in [1.29, 1.82) is 0 Å². The molecule has 0 spiro atoms. The highest BCUT2D eigenvalue weighted by Gasteiger charge is 2.20. The summed E-state index contributed by atoms with van der Waals surface area (Å²) in [6.07, 6.45) is 0. The SMILES string of the molecule is COc1ccc2c(c1)C(=O)Nc1ccccc1O2. The molecule has 4 nitrogen and oxygen atoms in total. The Morgan fingerprint density at radius 3 is 2.78 bits per heavy atom. The number of nitrogens with one attached hydrogen (secondary N) is 1. The van der Waals surface area contributed by atoms with Crippen LogP contribution in [0, 0.1) is 0 Å². The van der Waals surface area contributed by atoms with Crippen LogP contribution in [0.4, 0.5) is 5.69 Å². The first-order valence-corrected chi connectivity index (χ1v) is 5.54. The molecule has 0 bridgehead atoms. The molecule has 3 rings (SSSR count). The summed E-state index contributed by atoms with van der Waals surface area (Å²) in [5.74, 6) is 1.58. The Labute approximate surface area is 104 Å². The lowest BCUT2D eigenvalue weighted by Gasteiger charge is -2.07. The Morgan fingerprint density at radius 2 is 1.94 bits per heavy atom. The molecule has 1 amide bonds. The van der Waals surface area contributed by atoms with Gasteiger partial charge in [-0.2, -0.15) is 0 Å². The van der Waals surface area contributed by atoms with Crippen LogP contribution in [0.5, 0.6) is 17.2 Å². The number of rotatable bonds is 1. The van der Waals surface area contributed by atoms with E-state index in [2.05, 4.69) is 5.32 Å². The van der Waals surface area contributed by atoms with Crippen molar-refractivity contribution in [2.75, 3.05) is 12.4 Å². The van der Waals surface area contributed by atoms with Crippen LogP contribution < -0.4 is 14.8 Å². The van der Waals surface area contributed by atoms with Crippen LogP contribution in [-0.2, 0) is 0 Å². The van der Waals surface area contributed by atoms with Gasteiger partial charge in [-0.05, 0) is 30.3 Å². The van der Waals surface area contributed by atoms with Crippen molar-refractivity contribution in [3.63, 3.8) is 0 Å². The summed E-state index contributed by atoms with van der Waals surface area (Å²) in [5, 5.41) is 2.81. The van der Waals surface area contributed by atoms with Gasteiger partial charge in [0.25, 0.3) is 5.91 Å². The Hall–Kier alpha value is -2.49. The lowest BCUT2D eigenvalue weighted by Crippen LogP contribution is -2.10. The molecule has 0 fully saturated rings. The zero-order chi connectivity index (χ0) is 12.5. The first-order valence-electron chi connectivity index (χ1n) is 5.54. The molecular weight excluding hydrogens is 230 g/mol. The molecule has 90 valence electrons. The fourth-order valence-electron chi connectivity index (χ4n) is 1.87. The number of benzene rings is 2. The van der Waals surface area contributed by atoms with E-state index in [9.17, 15) is 4.79 Å². The van der Waals surface area contributed by atoms with Crippen LogP contribution in [0.1, 0.15) is 10.4 Å². The maximum atomic E-state index is 12.1. The standard InChI is InChI=1S/C14H11NO3/c1-17-9-6-7-12-10(8-9)14(16)15-11-4-2-3-5-13(11)18-12/h2-8H,1H3,(H,15,16). The number of hydrogen-bond donors (Lipinski definition) is 1. The zero-order valence-electron chi connectivity index (χ0n) is 9.77. The van der Waals surface area contributed by atoms with Crippen LogP contribution in [0.15, 0.2) is 42.5 Å². The molecule has 1 heterocycles. The Bertz CT molecular complexity index is 622. The zero-order valence-corrected chi connectivity index (χ0v) is 9.77. The molecule has 0 aromatic heterocycles. The molecule has 2 aromatic carbocycles. The Balaban J connectivity index is 2.13. The number of amides is 1. The minimum absolute atomic E-state index is 0.200. The van der Waals surface area contributed by atoms with Crippen molar-refractivity contribution < 1.29 is 14.3 Å². The second-order valence-electron chi connectivity index (χ2n) is 3.91. The number of methoxy groups -OCH3 is 1. The number of carbonyl (C=O) groups excluding carboxylic acids is 1. The first kappa shape index (κ1) is 10.7. The highest BCUT2D eigenvalue weighted by atomic mass is 16.5. The van der Waals surface area contributed by atoms with Crippen LogP contribution in [0.25, 0.3) is 0 Å². The van der Waals surface area contributed by atoms with Gasteiger partial charge >= 0.3 is 0 Å². The number of fused-ring (bicyclic) bond motifs is 2. The number of anilines is 1. The fraction of sp³-hybridized carbons (Fsp3) is 0.0714. The number of ether oxygens (including phenoxy) is 2. The molecule has 18 heavy (non-hydrogen) atoms. The van der Waals surface area contributed by atoms with Crippen LogP contribution >= 0.6 is 0 Å². The maximum absolute atomic E-state index is 12.1. The van der Waals surface area contributed by atoms with Gasteiger partial charge in [0, 0.05) is 0 Å². The summed E-state index contributed by atoms with van der Waals surface area (Å²) in [6, 6.07) is 12.5. The van der Waals surface area contributed by atoms with Crippen molar-refractivity contribution in [2.45, 2.75) is 0 Å². The molecule has 0 aliphatic carbocycles. The van der Waals surface area contributed by atoms with Gasteiger partial charge in [-0.25, -0.2) is 0 Å². The molecule has 0 radical (unpaired) electrons. The summed E-state index contributed by atoms with van der Waals surface area (Å²) in [5.41, 5.74) is 1.13. The highest BCUT2D eigenvalue weighted by Crippen LogP contribution is 2.36. The molecule has 0 atom stereocenters. The van der Waals surface area contributed by atoms with E-state index in [1.54, 1.807) is 31.4 Å². The monoisotopic (exact) mass is 241 g/mol. The number of hydrogen-bond acceptors (Lipinski definition) is 3. The lowest BCUT2D eigenvalue weighted by atomic mass is 10.2. The Morgan fingerprint density at radius 1 is 1.11 bits per heavy atom. The quantitative estimate of drug-likeness (QED) is 0.834. The summed E-state index contributed by atoms with van der Waals surface area (Å²) >= 11 is 0. The third-order valence-corrected chi connectivity index (χ3v) is 2.79. The molecule has 1 aliphatic rings. The summed E-state index contributed by atoms with van der Waals surface area (Å²) in [6.45, 7) is 0. The van der Waals surface area contributed by atoms with Crippen molar-refractivity contribution in [3.8, 4) is 17.2 Å². The van der Waals surface area contributed by atoms with Crippen molar-refractivity contribution >= 4 is 11.6 Å². The minimum atomic E-state index is -0.200. The van der Waals surface area contributed by atoms with E-state index in [-0.39, 0.29) is 5.91 Å². The molecule has 0 saturated heterocycles. The summed E-state index contributed by atoms with van der Waals surface area (Å²) < 4.78 is 10.8. The van der Waals surface area contributed by atoms with Crippen LogP contribution in [0.3, 0.4) is 0 Å². The molecule has 1 N–H and O–H groups in total. The van der Waals surface area contributed by atoms with Gasteiger partial charge in [0.1, 0.15) is 11.5 Å². The summed E-state index contributed by atoms with van der Waals surface area (Å²) in [4.78, 5) is 12.1. The van der Waals surface area contributed by atoms with Gasteiger partial charge in [-0.1, -0.05) is 12.1 Å². The van der Waals surface area contributed by atoms with Crippen molar-refractivity contribution in [3.05, 3.63) is 48.0 Å². The van der Waals surface area contributed by atoms with Gasteiger partial charge in [-0.15, -0.1) is 0 Å². The molecule has 0 saturated carbocycles. The van der Waals surface area contributed by atoms with Gasteiger partial charge in [0.05, 0.1) is 18.4 Å². The molecule has 4 heteroatoms. The summed E-state index contributed by atoms with van der Waals surface area (Å²) in [7, 11) is 1.56. The number of carbonyl (C=O) groups is 1. The normalized spacial score (nSPS) is 12.6. The van der Waals surface area contributed by atoms with Gasteiger partial charge in [0.2, 0.25) is 0 Å². The molecule has 0 unspecified atom stereocenters. The minimum Gasteiger partial charge on any atom is -0.497 e. The van der Waals surface area contributed by atoms with E-state index in [0.29, 0.717) is 28.5 Å². The fourth-order valence-corrected chi connectivity index (χ4v) is 1.87. The van der Waals surface area contributed by atoms with Crippen molar-refractivity contribution in [1.82, 2.24) is 0 Å². The highest BCUT2D eigenvalue weighted by molar-refractivity contribution is 6.08. The van der Waals surface area contributed by atoms with Crippen molar-refractivity contribution in [2.24, 2.45) is 0 Å².